The predicted molar refractivity (Wildman–Crippen MR) is 91.4 cm³/mol. The summed E-state index contributed by atoms with van der Waals surface area (Å²) in [4.78, 5) is 20.4. The van der Waals surface area contributed by atoms with Gasteiger partial charge in [-0.05, 0) is 37.1 Å². The van der Waals surface area contributed by atoms with Crippen molar-refractivity contribution < 1.29 is 4.79 Å². The lowest BCUT2D eigenvalue weighted by Crippen LogP contribution is -2.25. The third kappa shape index (κ3) is 4.53. The quantitative estimate of drug-likeness (QED) is 0.766. The van der Waals surface area contributed by atoms with E-state index < -0.39 is 0 Å². The van der Waals surface area contributed by atoms with Crippen LogP contribution in [0.5, 0.6) is 0 Å². The monoisotopic (exact) mass is 362 g/mol. The molecule has 22 heavy (non-hydrogen) atoms. The Bertz CT molecular complexity index is 660. The number of unbranched alkanes of at least 4 members (excludes halogenated alkanes) is 1. The van der Waals surface area contributed by atoms with Crippen LogP contribution >= 0.6 is 15.9 Å². The van der Waals surface area contributed by atoms with Crippen molar-refractivity contribution in [1.29, 1.82) is 0 Å². The number of hydrogen-bond acceptors (Lipinski definition) is 4. The van der Waals surface area contributed by atoms with Crippen molar-refractivity contribution in [3.8, 4) is 0 Å². The minimum Gasteiger partial charge on any atom is -0.351 e. The minimum atomic E-state index is -0.177. The number of amides is 1. The molecule has 1 heterocycles. The molecule has 2 rings (SSSR count). The van der Waals surface area contributed by atoms with Crippen LogP contribution in [0.1, 0.15) is 35.8 Å². The van der Waals surface area contributed by atoms with E-state index in [0.29, 0.717) is 18.2 Å². The number of rotatable bonds is 6. The summed E-state index contributed by atoms with van der Waals surface area (Å²) >= 11 is 3.49. The SMILES string of the molecule is CCCCNC(=O)c1ccnc(Nc2ccc(C)c(Br)c2)n1. The molecule has 0 saturated heterocycles. The minimum absolute atomic E-state index is 0.177. The maximum atomic E-state index is 12.0. The van der Waals surface area contributed by atoms with Crippen LogP contribution in [-0.4, -0.2) is 22.4 Å². The number of carbonyl (C=O) groups excluding carboxylic acids is 1. The first kappa shape index (κ1) is 16.4. The fraction of sp³-hybridized carbons (Fsp3) is 0.312. The maximum absolute atomic E-state index is 12.0. The van der Waals surface area contributed by atoms with Gasteiger partial charge in [0, 0.05) is 22.9 Å². The van der Waals surface area contributed by atoms with E-state index in [1.807, 2.05) is 25.1 Å². The largest absolute Gasteiger partial charge is 0.351 e. The van der Waals surface area contributed by atoms with Gasteiger partial charge in [-0.1, -0.05) is 35.3 Å². The molecule has 0 atom stereocenters. The molecule has 116 valence electrons. The average molecular weight is 363 g/mol. The van der Waals surface area contributed by atoms with E-state index in [2.05, 4.69) is 43.5 Å². The number of aromatic nitrogens is 2. The van der Waals surface area contributed by atoms with Crippen LogP contribution in [-0.2, 0) is 0 Å². The molecule has 0 saturated carbocycles. The van der Waals surface area contributed by atoms with Gasteiger partial charge in [-0.25, -0.2) is 9.97 Å². The topological polar surface area (TPSA) is 66.9 Å². The van der Waals surface area contributed by atoms with Crippen molar-refractivity contribution >= 4 is 33.5 Å². The highest BCUT2D eigenvalue weighted by Gasteiger charge is 2.08. The molecule has 0 fully saturated rings. The zero-order valence-corrected chi connectivity index (χ0v) is 14.3. The molecule has 0 aliphatic rings. The first-order chi connectivity index (χ1) is 10.6. The summed E-state index contributed by atoms with van der Waals surface area (Å²) in [5.74, 6) is 0.225. The van der Waals surface area contributed by atoms with Gasteiger partial charge in [0.15, 0.2) is 0 Å². The number of benzene rings is 1. The molecule has 1 aromatic heterocycles. The maximum Gasteiger partial charge on any atom is 0.270 e. The Morgan fingerprint density at radius 1 is 1.32 bits per heavy atom. The highest BCUT2D eigenvalue weighted by Crippen LogP contribution is 2.22. The summed E-state index contributed by atoms with van der Waals surface area (Å²) in [7, 11) is 0. The molecule has 2 N–H and O–H groups in total. The summed E-state index contributed by atoms with van der Waals surface area (Å²) in [6.07, 6.45) is 3.58. The highest BCUT2D eigenvalue weighted by molar-refractivity contribution is 9.10. The van der Waals surface area contributed by atoms with Gasteiger partial charge in [0.1, 0.15) is 5.69 Å². The van der Waals surface area contributed by atoms with Crippen molar-refractivity contribution in [3.05, 3.63) is 46.2 Å². The lowest BCUT2D eigenvalue weighted by molar-refractivity contribution is 0.0948. The van der Waals surface area contributed by atoms with Crippen LogP contribution in [0, 0.1) is 6.92 Å². The van der Waals surface area contributed by atoms with Crippen LogP contribution < -0.4 is 10.6 Å². The van der Waals surface area contributed by atoms with Gasteiger partial charge < -0.3 is 10.6 Å². The van der Waals surface area contributed by atoms with Crippen molar-refractivity contribution in [2.75, 3.05) is 11.9 Å². The standard InChI is InChI=1S/C16H19BrN4O/c1-3-4-8-18-15(22)14-7-9-19-16(21-14)20-12-6-5-11(2)13(17)10-12/h5-7,9-10H,3-4,8H2,1-2H3,(H,18,22)(H,19,20,21). The number of hydrogen-bond donors (Lipinski definition) is 2. The summed E-state index contributed by atoms with van der Waals surface area (Å²) in [5, 5.41) is 5.95. The molecular formula is C16H19BrN4O. The molecule has 0 bridgehead atoms. The zero-order valence-electron chi connectivity index (χ0n) is 12.7. The molecule has 6 heteroatoms. The van der Waals surface area contributed by atoms with Crippen molar-refractivity contribution in [3.63, 3.8) is 0 Å². The van der Waals surface area contributed by atoms with Crippen molar-refractivity contribution in [2.24, 2.45) is 0 Å². The molecule has 1 amide bonds. The van der Waals surface area contributed by atoms with Gasteiger partial charge in [-0.3, -0.25) is 4.79 Å². The lowest BCUT2D eigenvalue weighted by atomic mass is 10.2. The molecule has 0 unspecified atom stereocenters. The number of halogens is 1. The number of carbonyl (C=O) groups is 1. The van der Waals surface area contributed by atoms with Gasteiger partial charge in [0.05, 0.1) is 0 Å². The molecular weight excluding hydrogens is 344 g/mol. The van der Waals surface area contributed by atoms with Crippen LogP contribution in [0.25, 0.3) is 0 Å². The van der Waals surface area contributed by atoms with Gasteiger partial charge in [-0.15, -0.1) is 0 Å². The van der Waals surface area contributed by atoms with E-state index in [1.165, 1.54) is 0 Å². The Hall–Kier alpha value is -1.95. The average Bonchev–Trinajstić information content (AvgIpc) is 2.51. The normalized spacial score (nSPS) is 10.3. The molecule has 1 aromatic carbocycles. The summed E-state index contributed by atoms with van der Waals surface area (Å²) in [6, 6.07) is 7.50. The second kappa shape index (κ2) is 7.89. The van der Waals surface area contributed by atoms with E-state index in [0.717, 1.165) is 28.6 Å². The Balaban J connectivity index is 2.07. The Morgan fingerprint density at radius 2 is 2.14 bits per heavy atom. The van der Waals surface area contributed by atoms with Crippen LogP contribution in [0.3, 0.4) is 0 Å². The zero-order chi connectivity index (χ0) is 15.9. The molecule has 0 radical (unpaired) electrons. The van der Waals surface area contributed by atoms with Gasteiger partial charge >= 0.3 is 0 Å². The van der Waals surface area contributed by atoms with E-state index in [9.17, 15) is 4.79 Å². The number of anilines is 2. The van der Waals surface area contributed by atoms with Crippen LogP contribution in [0.15, 0.2) is 34.9 Å². The van der Waals surface area contributed by atoms with Crippen LogP contribution in [0.4, 0.5) is 11.6 Å². The second-order valence-electron chi connectivity index (χ2n) is 4.96. The van der Waals surface area contributed by atoms with Crippen molar-refractivity contribution in [1.82, 2.24) is 15.3 Å². The number of nitrogens with one attached hydrogen (secondary N) is 2. The molecule has 2 aromatic rings. The molecule has 0 spiro atoms. The smallest absolute Gasteiger partial charge is 0.270 e. The molecule has 0 aliphatic carbocycles. The van der Waals surface area contributed by atoms with E-state index in [-0.39, 0.29) is 5.91 Å². The van der Waals surface area contributed by atoms with Crippen LogP contribution in [0.2, 0.25) is 0 Å². The fourth-order valence-electron chi connectivity index (χ4n) is 1.81. The van der Waals surface area contributed by atoms with Gasteiger partial charge in [0.25, 0.3) is 5.91 Å². The summed E-state index contributed by atoms with van der Waals surface area (Å²) < 4.78 is 1.01. The van der Waals surface area contributed by atoms with Gasteiger partial charge in [0.2, 0.25) is 5.95 Å². The number of aryl methyl sites for hydroxylation is 1. The predicted octanol–water partition coefficient (Wildman–Crippen LogP) is 3.82. The third-order valence-electron chi connectivity index (χ3n) is 3.13. The Morgan fingerprint density at radius 3 is 2.86 bits per heavy atom. The Labute approximate surface area is 138 Å². The first-order valence-corrected chi connectivity index (χ1v) is 8.04. The molecule has 0 aliphatic heterocycles. The van der Waals surface area contributed by atoms with E-state index >= 15 is 0 Å². The first-order valence-electron chi connectivity index (χ1n) is 7.24. The molecule has 5 nitrogen and oxygen atoms in total. The van der Waals surface area contributed by atoms with E-state index in [4.69, 9.17) is 0 Å². The fourth-order valence-corrected chi connectivity index (χ4v) is 2.19. The van der Waals surface area contributed by atoms with Gasteiger partial charge in [-0.2, -0.15) is 0 Å². The van der Waals surface area contributed by atoms with Crippen molar-refractivity contribution in [2.45, 2.75) is 26.7 Å². The second-order valence-corrected chi connectivity index (χ2v) is 5.82. The highest BCUT2D eigenvalue weighted by atomic mass is 79.9. The summed E-state index contributed by atoms with van der Waals surface area (Å²) in [6.45, 7) is 4.76. The summed E-state index contributed by atoms with van der Waals surface area (Å²) in [5.41, 5.74) is 2.37. The van der Waals surface area contributed by atoms with E-state index in [1.54, 1.807) is 12.3 Å². The lowest BCUT2D eigenvalue weighted by Gasteiger charge is -2.08. The third-order valence-corrected chi connectivity index (χ3v) is 3.99. The Kier molecular flexibility index (Phi) is 5.89. The number of nitrogens with zero attached hydrogens (tertiary/aromatic N) is 2.